The maximum Gasteiger partial charge on any atom is 0.314 e. The van der Waals surface area contributed by atoms with Crippen LogP contribution in [-0.4, -0.2) is 5.97 Å². The number of hydrogen-bond acceptors (Lipinski definition) is 2. The van der Waals surface area contributed by atoms with Gasteiger partial charge in [-0.3, -0.25) is 4.79 Å². The summed E-state index contributed by atoms with van der Waals surface area (Å²) >= 11 is 0. The number of carbonyl (C=O) groups excluding carboxylic acids is 1. The molecule has 0 saturated carbocycles. The number of carbonyl (C=O) groups is 1. The third kappa shape index (κ3) is 2.42. The maximum absolute atomic E-state index is 10.7. The molecule has 11 heavy (non-hydrogen) atoms. The molecular weight excluding hydrogens is 140 g/mol. The summed E-state index contributed by atoms with van der Waals surface area (Å²) in [5.41, 5.74) is 0. The Morgan fingerprint density at radius 2 is 2.00 bits per heavy atom. The molecule has 0 fully saturated rings. The predicted octanol–water partition coefficient (Wildman–Crippen LogP) is 1.82. The van der Waals surface area contributed by atoms with Crippen molar-refractivity contribution in [3.63, 3.8) is 0 Å². The topological polar surface area (TPSA) is 26.3 Å². The van der Waals surface area contributed by atoms with E-state index in [1.54, 1.807) is 19.1 Å². The Morgan fingerprint density at radius 1 is 1.36 bits per heavy atom. The second kappa shape index (κ2) is 3.76. The number of esters is 1. The molecule has 1 aromatic carbocycles. The van der Waals surface area contributed by atoms with Crippen LogP contribution in [0, 0.1) is 6.42 Å². The van der Waals surface area contributed by atoms with Crippen LogP contribution in [-0.2, 0) is 4.79 Å². The zero-order chi connectivity index (χ0) is 8.10. The van der Waals surface area contributed by atoms with Crippen LogP contribution >= 0.6 is 0 Å². The smallest absolute Gasteiger partial charge is 0.314 e. The molecule has 57 valence electrons. The largest absolute Gasteiger partial charge is 0.426 e. The average Bonchev–Trinajstić information content (AvgIpc) is 2.06. The van der Waals surface area contributed by atoms with E-state index >= 15 is 0 Å². The summed E-state index contributed by atoms with van der Waals surface area (Å²) in [6, 6.07) is 8.98. The highest BCUT2D eigenvalue weighted by molar-refractivity contribution is 5.80. The SMILES string of the molecule is C[CH]C(=O)Oc1ccccc1. The molecule has 0 heterocycles. The van der Waals surface area contributed by atoms with Crippen LogP contribution in [0.4, 0.5) is 0 Å². The second-order valence-electron chi connectivity index (χ2n) is 2.02. The minimum Gasteiger partial charge on any atom is -0.426 e. The number of benzene rings is 1. The molecule has 0 aliphatic carbocycles. The molecule has 2 heteroatoms. The summed E-state index contributed by atoms with van der Waals surface area (Å²) in [4.78, 5) is 10.7. The molecule has 0 aromatic heterocycles. The van der Waals surface area contributed by atoms with Crippen LogP contribution in [0.3, 0.4) is 0 Å². The van der Waals surface area contributed by atoms with Crippen molar-refractivity contribution in [2.45, 2.75) is 6.92 Å². The summed E-state index contributed by atoms with van der Waals surface area (Å²) in [5.74, 6) is 0.256. The Balaban J connectivity index is 2.58. The Morgan fingerprint density at radius 3 is 2.55 bits per heavy atom. The molecule has 1 radical (unpaired) electrons. The monoisotopic (exact) mass is 149 g/mol. The summed E-state index contributed by atoms with van der Waals surface area (Å²) < 4.78 is 4.87. The van der Waals surface area contributed by atoms with E-state index in [2.05, 4.69) is 0 Å². The normalized spacial score (nSPS) is 9.18. The first kappa shape index (κ1) is 7.79. The molecule has 0 unspecified atom stereocenters. The minimum absolute atomic E-state index is 0.323. The van der Waals surface area contributed by atoms with Crippen molar-refractivity contribution in [2.24, 2.45) is 0 Å². The van der Waals surface area contributed by atoms with Crippen LogP contribution in [0.15, 0.2) is 30.3 Å². The van der Waals surface area contributed by atoms with Gasteiger partial charge in [-0.05, 0) is 12.1 Å². The molecular formula is C9H9O2. The first-order valence-electron chi connectivity index (χ1n) is 3.39. The zero-order valence-electron chi connectivity index (χ0n) is 6.28. The molecule has 0 aliphatic rings. The lowest BCUT2D eigenvalue weighted by molar-refractivity contribution is -0.130. The average molecular weight is 149 g/mol. The lowest BCUT2D eigenvalue weighted by atomic mass is 10.3. The highest BCUT2D eigenvalue weighted by atomic mass is 16.5. The Kier molecular flexibility index (Phi) is 2.66. The van der Waals surface area contributed by atoms with Gasteiger partial charge >= 0.3 is 5.97 Å². The number of ether oxygens (including phenoxy) is 1. The third-order valence-corrected chi connectivity index (χ3v) is 1.20. The molecule has 0 aliphatic heterocycles. The van der Waals surface area contributed by atoms with Gasteiger partial charge in [0.25, 0.3) is 0 Å². The van der Waals surface area contributed by atoms with Crippen molar-refractivity contribution in [1.29, 1.82) is 0 Å². The van der Waals surface area contributed by atoms with Crippen LogP contribution < -0.4 is 4.74 Å². The van der Waals surface area contributed by atoms with Crippen molar-refractivity contribution in [3.8, 4) is 5.75 Å². The van der Waals surface area contributed by atoms with E-state index in [0.717, 1.165) is 0 Å². The molecule has 1 aromatic rings. The van der Waals surface area contributed by atoms with Crippen molar-refractivity contribution in [2.75, 3.05) is 0 Å². The molecule has 2 nitrogen and oxygen atoms in total. The quantitative estimate of drug-likeness (QED) is 0.473. The summed E-state index contributed by atoms with van der Waals surface area (Å²) in [6.45, 7) is 1.64. The molecule has 0 amide bonds. The lowest BCUT2D eigenvalue weighted by Gasteiger charge is -1.99. The Bertz CT molecular complexity index is 229. The molecule has 0 bridgehead atoms. The van der Waals surface area contributed by atoms with Crippen LogP contribution in [0.25, 0.3) is 0 Å². The predicted molar refractivity (Wildman–Crippen MR) is 42.1 cm³/mol. The number of para-hydroxylation sites is 1. The van der Waals surface area contributed by atoms with E-state index in [4.69, 9.17) is 4.74 Å². The molecule has 0 atom stereocenters. The standard InChI is InChI=1S/C9H9O2/c1-2-9(10)11-8-6-4-3-5-7-8/h2-7H,1H3. The van der Waals surface area contributed by atoms with Gasteiger partial charge < -0.3 is 4.74 Å². The molecule has 0 saturated heterocycles. The second-order valence-corrected chi connectivity index (χ2v) is 2.02. The number of rotatable bonds is 2. The fraction of sp³-hybridized carbons (Fsp3) is 0.111. The van der Waals surface area contributed by atoms with Gasteiger partial charge in [0.1, 0.15) is 5.75 Å². The van der Waals surface area contributed by atoms with Crippen LogP contribution in [0.5, 0.6) is 5.75 Å². The van der Waals surface area contributed by atoms with Crippen molar-refractivity contribution >= 4 is 5.97 Å². The van der Waals surface area contributed by atoms with Crippen molar-refractivity contribution in [1.82, 2.24) is 0 Å². The Hall–Kier alpha value is -1.31. The number of hydrogen-bond donors (Lipinski definition) is 0. The van der Waals surface area contributed by atoms with E-state index < -0.39 is 0 Å². The summed E-state index contributed by atoms with van der Waals surface area (Å²) in [5, 5.41) is 0. The lowest BCUT2D eigenvalue weighted by Crippen LogP contribution is -2.05. The van der Waals surface area contributed by atoms with E-state index in [0.29, 0.717) is 5.75 Å². The van der Waals surface area contributed by atoms with Crippen molar-refractivity contribution in [3.05, 3.63) is 36.8 Å². The minimum atomic E-state index is -0.323. The van der Waals surface area contributed by atoms with Gasteiger partial charge in [-0.25, -0.2) is 0 Å². The molecule has 1 rings (SSSR count). The van der Waals surface area contributed by atoms with E-state index in [1.165, 1.54) is 6.42 Å². The van der Waals surface area contributed by atoms with E-state index in [9.17, 15) is 4.79 Å². The van der Waals surface area contributed by atoms with Gasteiger partial charge in [0.15, 0.2) is 0 Å². The van der Waals surface area contributed by atoms with E-state index in [1.807, 2.05) is 18.2 Å². The van der Waals surface area contributed by atoms with E-state index in [-0.39, 0.29) is 5.97 Å². The highest BCUT2D eigenvalue weighted by Gasteiger charge is 1.98. The van der Waals surface area contributed by atoms with Crippen LogP contribution in [0.2, 0.25) is 0 Å². The first-order chi connectivity index (χ1) is 5.33. The fourth-order valence-corrected chi connectivity index (χ4v) is 0.664. The zero-order valence-corrected chi connectivity index (χ0v) is 6.28. The van der Waals surface area contributed by atoms with Gasteiger partial charge in [0.2, 0.25) is 0 Å². The maximum atomic E-state index is 10.7. The van der Waals surface area contributed by atoms with Gasteiger partial charge in [0, 0.05) is 0 Å². The van der Waals surface area contributed by atoms with Crippen molar-refractivity contribution < 1.29 is 9.53 Å². The van der Waals surface area contributed by atoms with Gasteiger partial charge in [-0.15, -0.1) is 0 Å². The van der Waals surface area contributed by atoms with Gasteiger partial charge in [-0.1, -0.05) is 25.1 Å². The summed E-state index contributed by atoms with van der Waals surface area (Å²) in [7, 11) is 0. The Labute approximate surface area is 65.8 Å². The molecule has 0 spiro atoms. The van der Waals surface area contributed by atoms with Crippen LogP contribution in [0.1, 0.15) is 6.92 Å². The summed E-state index contributed by atoms with van der Waals surface area (Å²) in [6.07, 6.45) is 1.38. The highest BCUT2D eigenvalue weighted by Crippen LogP contribution is 2.08. The third-order valence-electron chi connectivity index (χ3n) is 1.20. The van der Waals surface area contributed by atoms with Gasteiger partial charge in [0.05, 0.1) is 6.42 Å². The first-order valence-corrected chi connectivity index (χ1v) is 3.39. The van der Waals surface area contributed by atoms with Gasteiger partial charge in [-0.2, -0.15) is 0 Å². The molecule has 0 N–H and O–H groups in total. The fourth-order valence-electron chi connectivity index (χ4n) is 0.664.